The highest BCUT2D eigenvalue weighted by Crippen LogP contribution is 2.26. The van der Waals surface area contributed by atoms with Crippen molar-refractivity contribution < 1.29 is 13.2 Å². The molecule has 0 bridgehead atoms. The molecule has 0 saturated carbocycles. The maximum absolute atomic E-state index is 12.7. The topological polar surface area (TPSA) is 96.5 Å². The van der Waals surface area contributed by atoms with Crippen LogP contribution in [0.4, 0.5) is 11.6 Å². The van der Waals surface area contributed by atoms with Crippen molar-refractivity contribution in [2.45, 2.75) is 18.7 Å². The van der Waals surface area contributed by atoms with Crippen LogP contribution in [0.3, 0.4) is 0 Å². The number of likely N-dealkylation sites (N-methyl/N-ethyl adjacent to an activating group) is 1. The van der Waals surface area contributed by atoms with Crippen LogP contribution in [0.1, 0.15) is 11.1 Å². The Bertz CT molecular complexity index is 851. The number of hydrogen-bond acceptors (Lipinski definition) is 7. The maximum Gasteiger partial charge on any atom is 0.263 e. The molecule has 0 aliphatic carbocycles. The fourth-order valence-corrected chi connectivity index (χ4v) is 3.66. The molecule has 0 fully saturated rings. The molecule has 0 atom stereocenters. The van der Waals surface area contributed by atoms with Crippen LogP contribution in [0, 0.1) is 13.8 Å². The first-order valence-electron chi connectivity index (χ1n) is 8.13. The van der Waals surface area contributed by atoms with E-state index < -0.39 is 10.0 Å². The molecule has 0 aliphatic heterocycles. The van der Waals surface area contributed by atoms with Gasteiger partial charge >= 0.3 is 0 Å². The Morgan fingerprint density at radius 2 is 1.73 bits per heavy atom. The van der Waals surface area contributed by atoms with E-state index in [0.29, 0.717) is 17.1 Å². The normalized spacial score (nSPS) is 11.5. The molecule has 1 aromatic heterocycles. The van der Waals surface area contributed by atoms with Gasteiger partial charge in [-0.2, -0.15) is 0 Å². The summed E-state index contributed by atoms with van der Waals surface area (Å²) in [5.41, 5.74) is 1.33. The van der Waals surface area contributed by atoms with Crippen molar-refractivity contribution in [2.75, 3.05) is 44.3 Å². The summed E-state index contributed by atoms with van der Waals surface area (Å²) >= 11 is 0. The molecule has 1 heterocycles. The second-order valence-corrected chi connectivity index (χ2v) is 7.88. The number of aromatic nitrogens is 2. The van der Waals surface area contributed by atoms with Gasteiger partial charge in [0.2, 0.25) is 0 Å². The van der Waals surface area contributed by atoms with Gasteiger partial charge in [-0.3, -0.25) is 4.72 Å². The molecular formula is C17H25N5O3S. The van der Waals surface area contributed by atoms with E-state index >= 15 is 0 Å². The molecule has 0 amide bonds. The molecule has 2 rings (SSSR count). The standard InChI is InChI=1S/C17H25N5O3S/c1-12-11-15(13(2)10-14(12)25-5)26(23,24)21-17-7-6-16(19-20-17)18-8-9-22(3)4/h6-7,10-11H,8-9H2,1-5H3,(H,18,19)(H,20,21). The van der Waals surface area contributed by atoms with Crippen LogP contribution in [-0.2, 0) is 10.0 Å². The summed E-state index contributed by atoms with van der Waals surface area (Å²) in [7, 11) is 1.75. The van der Waals surface area contributed by atoms with Gasteiger partial charge in [-0.25, -0.2) is 8.42 Å². The van der Waals surface area contributed by atoms with E-state index in [9.17, 15) is 8.42 Å². The molecule has 0 aliphatic rings. The number of anilines is 2. The SMILES string of the molecule is COc1cc(C)c(S(=O)(=O)Nc2ccc(NCCN(C)C)nn2)cc1C. The number of methoxy groups -OCH3 is 1. The zero-order chi connectivity index (χ0) is 19.3. The average molecular weight is 379 g/mol. The number of rotatable bonds is 8. The minimum atomic E-state index is -3.77. The highest BCUT2D eigenvalue weighted by Gasteiger charge is 2.19. The lowest BCUT2D eigenvalue weighted by molar-refractivity contribution is 0.411. The second-order valence-electron chi connectivity index (χ2n) is 6.23. The van der Waals surface area contributed by atoms with Crippen molar-refractivity contribution >= 4 is 21.7 Å². The number of nitrogens with one attached hydrogen (secondary N) is 2. The lowest BCUT2D eigenvalue weighted by Gasteiger charge is -2.13. The fourth-order valence-electron chi connectivity index (χ4n) is 2.35. The molecular weight excluding hydrogens is 354 g/mol. The van der Waals surface area contributed by atoms with Crippen molar-refractivity contribution in [3.63, 3.8) is 0 Å². The molecule has 0 saturated heterocycles. The molecule has 0 spiro atoms. The van der Waals surface area contributed by atoms with Crippen LogP contribution in [0.25, 0.3) is 0 Å². The molecule has 0 unspecified atom stereocenters. The van der Waals surface area contributed by atoms with Gasteiger partial charge in [0.1, 0.15) is 11.6 Å². The first-order valence-corrected chi connectivity index (χ1v) is 9.61. The Morgan fingerprint density at radius 1 is 1.08 bits per heavy atom. The van der Waals surface area contributed by atoms with Gasteiger partial charge in [0.25, 0.3) is 10.0 Å². The summed E-state index contributed by atoms with van der Waals surface area (Å²) in [5.74, 6) is 1.40. The van der Waals surface area contributed by atoms with E-state index in [2.05, 4.69) is 20.2 Å². The van der Waals surface area contributed by atoms with Crippen LogP contribution >= 0.6 is 0 Å². The van der Waals surface area contributed by atoms with Crippen LogP contribution < -0.4 is 14.8 Å². The third-order valence-corrected chi connectivity index (χ3v) is 5.25. The van der Waals surface area contributed by atoms with Gasteiger partial charge in [0.15, 0.2) is 5.82 Å². The van der Waals surface area contributed by atoms with Gasteiger partial charge in [-0.05, 0) is 63.3 Å². The van der Waals surface area contributed by atoms with E-state index in [0.717, 1.165) is 18.7 Å². The van der Waals surface area contributed by atoms with Crippen molar-refractivity contribution in [1.29, 1.82) is 0 Å². The number of benzene rings is 1. The molecule has 9 heteroatoms. The molecule has 142 valence electrons. The van der Waals surface area contributed by atoms with Gasteiger partial charge in [-0.15, -0.1) is 10.2 Å². The van der Waals surface area contributed by atoms with Crippen LogP contribution in [-0.4, -0.2) is 57.8 Å². The van der Waals surface area contributed by atoms with E-state index in [-0.39, 0.29) is 10.7 Å². The maximum atomic E-state index is 12.7. The molecule has 2 aromatic rings. The van der Waals surface area contributed by atoms with Crippen LogP contribution in [0.2, 0.25) is 0 Å². The summed E-state index contributed by atoms with van der Waals surface area (Å²) in [6.07, 6.45) is 0. The third kappa shape index (κ3) is 5.06. The Balaban J connectivity index is 2.13. The molecule has 2 N–H and O–H groups in total. The van der Waals surface area contributed by atoms with Crippen molar-refractivity contribution in [1.82, 2.24) is 15.1 Å². The van der Waals surface area contributed by atoms with Crippen molar-refractivity contribution in [3.05, 3.63) is 35.4 Å². The number of aryl methyl sites for hydroxylation is 2. The molecule has 26 heavy (non-hydrogen) atoms. The summed E-state index contributed by atoms with van der Waals surface area (Å²) in [5, 5.41) is 11.0. The van der Waals surface area contributed by atoms with Gasteiger partial charge in [0.05, 0.1) is 12.0 Å². The first kappa shape index (κ1) is 19.9. The van der Waals surface area contributed by atoms with E-state index in [1.165, 1.54) is 0 Å². The highest BCUT2D eigenvalue weighted by molar-refractivity contribution is 7.92. The lowest BCUT2D eigenvalue weighted by Crippen LogP contribution is -2.21. The Hall–Kier alpha value is -2.39. The molecule has 0 radical (unpaired) electrons. The minimum absolute atomic E-state index is 0.163. The zero-order valence-electron chi connectivity index (χ0n) is 15.7. The first-order chi connectivity index (χ1) is 12.2. The van der Waals surface area contributed by atoms with Crippen LogP contribution in [0.15, 0.2) is 29.2 Å². The van der Waals surface area contributed by atoms with Crippen LogP contribution in [0.5, 0.6) is 5.75 Å². The lowest BCUT2D eigenvalue weighted by atomic mass is 10.1. The quantitative estimate of drug-likeness (QED) is 0.723. The Labute approximate surface area is 154 Å². The van der Waals surface area contributed by atoms with Gasteiger partial charge < -0.3 is 15.0 Å². The van der Waals surface area contributed by atoms with Gasteiger partial charge in [0, 0.05) is 13.1 Å². The monoisotopic (exact) mass is 379 g/mol. The number of hydrogen-bond donors (Lipinski definition) is 2. The van der Waals surface area contributed by atoms with Crippen molar-refractivity contribution in [3.8, 4) is 5.75 Å². The van der Waals surface area contributed by atoms with Gasteiger partial charge in [-0.1, -0.05) is 0 Å². The highest BCUT2D eigenvalue weighted by atomic mass is 32.2. The molecule has 8 nitrogen and oxygen atoms in total. The summed E-state index contributed by atoms with van der Waals surface area (Å²) in [6.45, 7) is 5.09. The second kappa shape index (κ2) is 8.33. The number of nitrogens with zero attached hydrogens (tertiary/aromatic N) is 3. The largest absolute Gasteiger partial charge is 0.496 e. The summed E-state index contributed by atoms with van der Waals surface area (Å²) in [6, 6.07) is 6.55. The summed E-state index contributed by atoms with van der Waals surface area (Å²) < 4.78 is 33.0. The van der Waals surface area contributed by atoms with E-state index in [1.54, 1.807) is 45.2 Å². The number of ether oxygens (including phenoxy) is 1. The van der Waals surface area contributed by atoms with E-state index in [4.69, 9.17) is 4.74 Å². The minimum Gasteiger partial charge on any atom is -0.496 e. The fraction of sp³-hybridized carbons (Fsp3) is 0.412. The molecule has 1 aromatic carbocycles. The Kier molecular flexibility index (Phi) is 6.38. The smallest absolute Gasteiger partial charge is 0.263 e. The van der Waals surface area contributed by atoms with E-state index in [1.807, 2.05) is 19.0 Å². The summed E-state index contributed by atoms with van der Waals surface area (Å²) in [4.78, 5) is 2.23. The van der Waals surface area contributed by atoms with Crippen molar-refractivity contribution in [2.24, 2.45) is 0 Å². The average Bonchev–Trinajstić information content (AvgIpc) is 2.57. The Morgan fingerprint density at radius 3 is 2.31 bits per heavy atom. The third-order valence-electron chi connectivity index (χ3n) is 3.75. The predicted molar refractivity (Wildman–Crippen MR) is 102 cm³/mol. The predicted octanol–water partition coefficient (Wildman–Crippen LogP) is 1.88. The zero-order valence-corrected chi connectivity index (χ0v) is 16.5. The number of sulfonamides is 1.